The van der Waals surface area contributed by atoms with E-state index in [1.54, 1.807) is 6.07 Å². The van der Waals surface area contributed by atoms with Crippen LogP contribution in [0, 0.1) is 11.2 Å². The van der Waals surface area contributed by atoms with Crippen LogP contribution in [-0.4, -0.2) is 0 Å². The second-order valence-electron chi connectivity index (χ2n) is 4.58. The lowest BCUT2D eigenvalue weighted by Gasteiger charge is -2.22. The molecule has 1 heteroatoms. The van der Waals surface area contributed by atoms with Gasteiger partial charge in [-0.1, -0.05) is 50.3 Å². The second-order valence-corrected chi connectivity index (χ2v) is 4.58. The largest absolute Gasteiger partial charge is 0.206 e. The summed E-state index contributed by atoms with van der Waals surface area (Å²) in [6, 6.07) is 6.96. The fraction of sp³-hybridized carbons (Fsp3) is 0.286. The fourth-order valence-electron chi connectivity index (χ4n) is 1.96. The first-order valence-electron chi connectivity index (χ1n) is 5.23. The van der Waals surface area contributed by atoms with Crippen LogP contribution in [0.1, 0.15) is 25.8 Å². The van der Waals surface area contributed by atoms with Gasteiger partial charge in [0.25, 0.3) is 0 Å². The third-order valence-electron chi connectivity index (χ3n) is 2.65. The maximum absolute atomic E-state index is 13.6. The van der Waals surface area contributed by atoms with Crippen LogP contribution in [0.25, 0.3) is 5.57 Å². The second kappa shape index (κ2) is 3.65. The Labute approximate surface area is 90.1 Å². The summed E-state index contributed by atoms with van der Waals surface area (Å²) in [5.41, 5.74) is 1.85. The molecule has 0 unspecified atom stereocenters. The molecule has 78 valence electrons. The Morgan fingerprint density at radius 1 is 1.20 bits per heavy atom. The van der Waals surface area contributed by atoms with Crippen molar-refractivity contribution >= 4 is 5.57 Å². The molecule has 0 aliphatic heterocycles. The van der Waals surface area contributed by atoms with Crippen LogP contribution in [0.2, 0.25) is 0 Å². The minimum Gasteiger partial charge on any atom is -0.206 e. The first-order chi connectivity index (χ1) is 7.08. The number of rotatable bonds is 1. The molecule has 1 aromatic rings. The third-order valence-corrected chi connectivity index (χ3v) is 2.65. The highest BCUT2D eigenvalue weighted by atomic mass is 19.1. The van der Waals surface area contributed by atoms with Crippen molar-refractivity contribution in [3.63, 3.8) is 0 Å². The molecule has 0 radical (unpaired) electrons. The van der Waals surface area contributed by atoms with E-state index in [-0.39, 0.29) is 11.2 Å². The average Bonchev–Trinajstić information content (AvgIpc) is 2.17. The normalized spacial score (nSPS) is 18.7. The first-order valence-corrected chi connectivity index (χ1v) is 5.23. The Balaban J connectivity index is 2.41. The van der Waals surface area contributed by atoms with Gasteiger partial charge in [-0.05, 0) is 18.1 Å². The van der Waals surface area contributed by atoms with Crippen molar-refractivity contribution < 1.29 is 4.39 Å². The van der Waals surface area contributed by atoms with Gasteiger partial charge in [0.15, 0.2) is 0 Å². The van der Waals surface area contributed by atoms with E-state index in [1.165, 1.54) is 6.07 Å². The van der Waals surface area contributed by atoms with Crippen LogP contribution in [-0.2, 0) is 0 Å². The standard InChI is InChI=1S/C14H15F/c1-14(2)9-5-6-11(10-14)12-7-3-4-8-13(12)15/h3-5,7-10H,6H2,1-2H3. The fourth-order valence-corrected chi connectivity index (χ4v) is 1.96. The summed E-state index contributed by atoms with van der Waals surface area (Å²) in [6.07, 6.45) is 7.24. The predicted molar refractivity (Wildman–Crippen MR) is 61.9 cm³/mol. The summed E-state index contributed by atoms with van der Waals surface area (Å²) in [5, 5.41) is 0. The molecule has 0 atom stereocenters. The highest BCUT2D eigenvalue weighted by Gasteiger charge is 2.17. The number of benzene rings is 1. The summed E-state index contributed by atoms with van der Waals surface area (Å²) in [6.45, 7) is 4.26. The quantitative estimate of drug-likeness (QED) is 0.599. The molecular formula is C14H15F. The van der Waals surface area contributed by atoms with Gasteiger partial charge in [0.2, 0.25) is 0 Å². The molecule has 0 fully saturated rings. The molecular weight excluding hydrogens is 187 g/mol. The molecule has 0 N–H and O–H groups in total. The van der Waals surface area contributed by atoms with E-state index >= 15 is 0 Å². The van der Waals surface area contributed by atoms with Gasteiger partial charge >= 0.3 is 0 Å². The van der Waals surface area contributed by atoms with Crippen molar-refractivity contribution in [3.8, 4) is 0 Å². The molecule has 0 nitrogen and oxygen atoms in total. The molecule has 1 aromatic carbocycles. The highest BCUT2D eigenvalue weighted by molar-refractivity contribution is 5.69. The van der Waals surface area contributed by atoms with Gasteiger partial charge in [0, 0.05) is 11.0 Å². The maximum atomic E-state index is 13.6. The van der Waals surface area contributed by atoms with Crippen LogP contribution in [0.3, 0.4) is 0 Å². The molecule has 1 aliphatic carbocycles. The van der Waals surface area contributed by atoms with Crippen LogP contribution >= 0.6 is 0 Å². The molecule has 0 aromatic heterocycles. The van der Waals surface area contributed by atoms with Crippen LogP contribution in [0.15, 0.2) is 42.5 Å². The lowest BCUT2D eigenvalue weighted by molar-refractivity contribution is 0.609. The van der Waals surface area contributed by atoms with Gasteiger partial charge in [-0.15, -0.1) is 0 Å². The van der Waals surface area contributed by atoms with E-state index in [1.807, 2.05) is 12.1 Å². The zero-order valence-electron chi connectivity index (χ0n) is 9.13. The smallest absolute Gasteiger partial charge is 0.130 e. The van der Waals surface area contributed by atoms with E-state index < -0.39 is 0 Å². The molecule has 0 saturated heterocycles. The third kappa shape index (κ3) is 2.17. The zero-order valence-corrected chi connectivity index (χ0v) is 9.13. The van der Waals surface area contributed by atoms with Gasteiger partial charge in [-0.2, -0.15) is 0 Å². The molecule has 0 bridgehead atoms. The number of halogens is 1. The Morgan fingerprint density at radius 2 is 1.93 bits per heavy atom. The molecule has 0 amide bonds. The molecule has 2 rings (SSSR count). The van der Waals surface area contributed by atoms with Gasteiger partial charge < -0.3 is 0 Å². The summed E-state index contributed by atoms with van der Waals surface area (Å²) < 4.78 is 13.6. The number of allylic oxidation sites excluding steroid dienone is 4. The maximum Gasteiger partial charge on any atom is 0.130 e. The van der Waals surface area contributed by atoms with Gasteiger partial charge in [-0.3, -0.25) is 0 Å². The lowest BCUT2D eigenvalue weighted by Crippen LogP contribution is -2.07. The predicted octanol–water partition coefficient (Wildman–Crippen LogP) is 4.20. The average molecular weight is 202 g/mol. The van der Waals surface area contributed by atoms with Gasteiger partial charge in [0.1, 0.15) is 5.82 Å². The minimum atomic E-state index is -0.130. The van der Waals surface area contributed by atoms with Crippen molar-refractivity contribution in [2.45, 2.75) is 20.3 Å². The van der Waals surface area contributed by atoms with E-state index in [0.717, 1.165) is 17.6 Å². The molecule has 1 aliphatic rings. The van der Waals surface area contributed by atoms with Crippen LogP contribution < -0.4 is 0 Å². The number of hydrogen-bond donors (Lipinski definition) is 0. The van der Waals surface area contributed by atoms with Crippen molar-refractivity contribution in [3.05, 3.63) is 53.9 Å². The summed E-state index contributed by atoms with van der Waals surface area (Å²) >= 11 is 0. The summed E-state index contributed by atoms with van der Waals surface area (Å²) in [5.74, 6) is -0.130. The zero-order chi connectivity index (χ0) is 10.9. The SMILES string of the molecule is CC1(C)C=CCC(c2ccccc2F)=C1. The van der Waals surface area contributed by atoms with E-state index in [2.05, 4.69) is 32.1 Å². The van der Waals surface area contributed by atoms with Crippen molar-refractivity contribution in [2.75, 3.05) is 0 Å². The highest BCUT2D eigenvalue weighted by Crippen LogP contribution is 2.33. The van der Waals surface area contributed by atoms with E-state index in [9.17, 15) is 4.39 Å². The van der Waals surface area contributed by atoms with Gasteiger partial charge in [-0.25, -0.2) is 4.39 Å². The molecule has 15 heavy (non-hydrogen) atoms. The molecule has 0 spiro atoms. The van der Waals surface area contributed by atoms with E-state index in [0.29, 0.717) is 0 Å². The Hall–Kier alpha value is -1.37. The summed E-state index contributed by atoms with van der Waals surface area (Å²) in [4.78, 5) is 0. The molecule has 0 saturated carbocycles. The van der Waals surface area contributed by atoms with Crippen molar-refractivity contribution in [1.82, 2.24) is 0 Å². The van der Waals surface area contributed by atoms with E-state index in [4.69, 9.17) is 0 Å². The van der Waals surface area contributed by atoms with Gasteiger partial charge in [0.05, 0.1) is 0 Å². The van der Waals surface area contributed by atoms with Crippen LogP contribution in [0.4, 0.5) is 4.39 Å². The minimum absolute atomic E-state index is 0.0376. The first kappa shape index (κ1) is 10.2. The monoisotopic (exact) mass is 202 g/mol. The van der Waals surface area contributed by atoms with Crippen LogP contribution in [0.5, 0.6) is 0 Å². The number of hydrogen-bond acceptors (Lipinski definition) is 0. The lowest BCUT2D eigenvalue weighted by atomic mass is 9.83. The Kier molecular flexibility index (Phi) is 2.47. The van der Waals surface area contributed by atoms with Crippen molar-refractivity contribution in [2.24, 2.45) is 5.41 Å². The molecule has 0 heterocycles. The Morgan fingerprint density at radius 3 is 2.60 bits per heavy atom. The van der Waals surface area contributed by atoms with Crippen molar-refractivity contribution in [1.29, 1.82) is 0 Å². The summed E-state index contributed by atoms with van der Waals surface area (Å²) in [7, 11) is 0. The Bertz CT molecular complexity index is 425. The topological polar surface area (TPSA) is 0 Å².